The van der Waals surface area contributed by atoms with Gasteiger partial charge in [-0.2, -0.15) is 0 Å². The summed E-state index contributed by atoms with van der Waals surface area (Å²) in [5, 5.41) is 0. The summed E-state index contributed by atoms with van der Waals surface area (Å²) in [6.45, 7) is 12.4. The van der Waals surface area contributed by atoms with Crippen molar-refractivity contribution < 1.29 is 19.1 Å². The number of rotatable bonds is 10. The molecular formula is C23H36O4. The molecule has 0 radical (unpaired) electrons. The molecule has 0 atom stereocenters. The molecule has 0 heterocycles. The first kappa shape index (κ1) is 23.2. The Morgan fingerprint density at radius 2 is 1.37 bits per heavy atom. The van der Waals surface area contributed by atoms with Crippen LogP contribution < -0.4 is 9.47 Å². The topological polar surface area (TPSA) is 52.6 Å². The first-order valence-corrected chi connectivity index (χ1v) is 10.3. The summed E-state index contributed by atoms with van der Waals surface area (Å²) in [7, 11) is 0. The van der Waals surface area contributed by atoms with Crippen LogP contribution in [0.25, 0.3) is 0 Å². The second-order valence-corrected chi connectivity index (χ2v) is 8.23. The van der Waals surface area contributed by atoms with Crippen molar-refractivity contribution in [3.8, 4) is 11.5 Å². The van der Waals surface area contributed by atoms with Crippen LogP contribution in [0.4, 0.5) is 0 Å². The predicted octanol–water partition coefficient (Wildman–Crippen LogP) is 6.26. The maximum Gasteiger partial charge on any atom is 0.311 e. The van der Waals surface area contributed by atoms with Gasteiger partial charge in [0.15, 0.2) is 11.5 Å². The summed E-state index contributed by atoms with van der Waals surface area (Å²) >= 11 is 0. The van der Waals surface area contributed by atoms with Crippen molar-refractivity contribution in [2.45, 2.75) is 98.3 Å². The second-order valence-electron chi connectivity index (χ2n) is 8.23. The van der Waals surface area contributed by atoms with E-state index in [1.165, 1.54) is 0 Å². The molecule has 152 valence electrons. The molecule has 0 aliphatic rings. The lowest BCUT2D eigenvalue weighted by molar-refractivity contribution is -0.137. The Balaban J connectivity index is 3.04. The summed E-state index contributed by atoms with van der Waals surface area (Å²) in [6.07, 6.45) is 6.44. The molecule has 0 aliphatic heterocycles. The van der Waals surface area contributed by atoms with Crippen molar-refractivity contribution in [2.24, 2.45) is 0 Å². The van der Waals surface area contributed by atoms with Gasteiger partial charge >= 0.3 is 11.9 Å². The minimum atomic E-state index is -0.280. The molecule has 4 heteroatoms. The number of hydrogen-bond acceptors (Lipinski definition) is 4. The van der Waals surface area contributed by atoms with Gasteiger partial charge in [-0.1, -0.05) is 66.4 Å². The average Bonchev–Trinajstić information content (AvgIpc) is 2.57. The smallest absolute Gasteiger partial charge is 0.311 e. The summed E-state index contributed by atoms with van der Waals surface area (Å²) in [5.74, 6) is 0.161. The third-order valence-electron chi connectivity index (χ3n) is 4.52. The van der Waals surface area contributed by atoms with Gasteiger partial charge in [0, 0.05) is 12.8 Å². The quantitative estimate of drug-likeness (QED) is 0.274. The highest BCUT2D eigenvalue weighted by Crippen LogP contribution is 2.37. The predicted molar refractivity (Wildman–Crippen MR) is 109 cm³/mol. The Morgan fingerprint density at radius 1 is 0.852 bits per heavy atom. The van der Waals surface area contributed by atoms with Gasteiger partial charge in [0.25, 0.3) is 0 Å². The van der Waals surface area contributed by atoms with Crippen molar-refractivity contribution in [3.63, 3.8) is 0 Å². The molecule has 0 saturated heterocycles. The molecule has 0 bridgehead atoms. The van der Waals surface area contributed by atoms with Crippen molar-refractivity contribution in [1.82, 2.24) is 0 Å². The summed E-state index contributed by atoms with van der Waals surface area (Å²) in [5.41, 5.74) is 1.75. The number of unbranched alkanes of at least 4 members (excludes halogenated alkanes) is 4. The van der Waals surface area contributed by atoms with Crippen molar-refractivity contribution in [1.29, 1.82) is 0 Å². The zero-order chi connectivity index (χ0) is 20.4. The minimum Gasteiger partial charge on any atom is -0.422 e. The Morgan fingerprint density at radius 3 is 1.85 bits per heavy atom. The Bertz CT molecular complexity index is 626. The average molecular weight is 377 g/mol. The molecule has 0 spiro atoms. The zero-order valence-electron chi connectivity index (χ0n) is 17.9. The fraction of sp³-hybridized carbons (Fsp3) is 0.652. The van der Waals surface area contributed by atoms with E-state index in [0.29, 0.717) is 24.3 Å². The highest BCUT2D eigenvalue weighted by molar-refractivity contribution is 5.77. The van der Waals surface area contributed by atoms with Gasteiger partial charge in [-0.15, -0.1) is 0 Å². The standard InChI is InChI=1S/C23H36O4/c1-7-9-11-13-20(24)26-19-16-18(23(4,5)6)15-17(3)22(19)27-21(25)14-12-10-8-2/h15-16H,7-14H2,1-6H3. The molecule has 0 fully saturated rings. The maximum atomic E-state index is 12.2. The SMILES string of the molecule is CCCCCC(=O)Oc1cc(C(C)(C)C)cc(C)c1OC(=O)CCCCC. The van der Waals surface area contributed by atoms with E-state index in [-0.39, 0.29) is 17.4 Å². The largest absolute Gasteiger partial charge is 0.422 e. The molecule has 0 unspecified atom stereocenters. The molecule has 1 rings (SSSR count). The van der Waals surface area contributed by atoms with Crippen LogP contribution in [0, 0.1) is 6.92 Å². The zero-order valence-corrected chi connectivity index (χ0v) is 17.9. The summed E-state index contributed by atoms with van der Waals surface area (Å²) in [4.78, 5) is 24.5. The van der Waals surface area contributed by atoms with Crippen LogP contribution in [0.1, 0.15) is 97.1 Å². The Hall–Kier alpha value is -1.84. The van der Waals surface area contributed by atoms with E-state index in [9.17, 15) is 9.59 Å². The van der Waals surface area contributed by atoms with Gasteiger partial charge in [-0.05, 0) is 42.4 Å². The molecule has 0 saturated carbocycles. The van der Waals surface area contributed by atoms with Gasteiger partial charge in [0.1, 0.15) is 0 Å². The molecule has 27 heavy (non-hydrogen) atoms. The van der Waals surface area contributed by atoms with Crippen molar-refractivity contribution >= 4 is 11.9 Å². The molecule has 0 amide bonds. The molecular weight excluding hydrogens is 340 g/mol. The third-order valence-corrected chi connectivity index (χ3v) is 4.52. The van der Waals surface area contributed by atoms with Crippen LogP contribution in [0.5, 0.6) is 11.5 Å². The van der Waals surface area contributed by atoms with Crippen molar-refractivity contribution in [3.05, 3.63) is 23.3 Å². The summed E-state index contributed by atoms with van der Waals surface area (Å²) in [6, 6.07) is 3.84. The van der Waals surface area contributed by atoms with Crippen LogP contribution in [-0.4, -0.2) is 11.9 Å². The summed E-state index contributed by atoms with van der Waals surface area (Å²) < 4.78 is 11.2. The third kappa shape index (κ3) is 8.15. The van der Waals surface area contributed by atoms with E-state index in [4.69, 9.17) is 9.47 Å². The van der Waals surface area contributed by atoms with E-state index in [1.54, 1.807) is 0 Å². The number of benzene rings is 1. The van der Waals surface area contributed by atoms with Crippen LogP contribution in [0.3, 0.4) is 0 Å². The van der Waals surface area contributed by atoms with Gasteiger partial charge in [0.05, 0.1) is 0 Å². The Kier molecular flexibility index (Phi) is 9.54. The van der Waals surface area contributed by atoms with Gasteiger partial charge in [-0.25, -0.2) is 0 Å². The number of ether oxygens (including phenoxy) is 2. The van der Waals surface area contributed by atoms with Crippen LogP contribution in [0.15, 0.2) is 12.1 Å². The van der Waals surface area contributed by atoms with Crippen molar-refractivity contribution in [2.75, 3.05) is 0 Å². The highest BCUT2D eigenvalue weighted by atomic mass is 16.6. The number of carbonyl (C=O) groups is 2. The molecule has 1 aromatic rings. The molecule has 0 N–H and O–H groups in total. The molecule has 1 aromatic carbocycles. The van der Waals surface area contributed by atoms with E-state index < -0.39 is 0 Å². The minimum absolute atomic E-state index is 0.0994. The molecule has 4 nitrogen and oxygen atoms in total. The number of carbonyl (C=O) groups excluding carboxylic acids is 2. The normalized spacial score (nSPS) is 11.3. The fourth-order valence-corrected chi connectivity index (χ4v) is 2.76. The number of aryl methyl sites for hydroxylation is 1. The first-order valence-electron chi connectivity index (χ1n) is 10.3. The van der Waals surface area contributed by atoms with Crippen LogP contribution >= 0.6 is 0 Å². The van der Waals surface area contributed by atoms with Crippen LogP contribution in [-0.2, 0) is 15.0 Å². The molecule has 0 aromatic heterocycles. The number of esters is 2. The lowest BCUT2D eigenvalue weighted by atomic mass is 9.86. The van der Waals surface area contributed by atoms with E-state index in [2.05, 4.69) is 34.6 Å². The maximum absolute atomic E-state index is 12.2. The van der Waals surface area contributed by atoms with Gasteiger partial charge in [-0.3, -0.25) is 9.59 Å². The van der Waals surface area contributed by atoms with Gasteiger partial charge in [0.2, 0.25) is 0 Å². The lowest BCUT2D eigenvalue weighted by Crippen LogP contribution is -2.16. The first-order chi connectivity index (χ1) is 12.7. The fourth-order valence-electron chi connectivity index (χ4n) is 2.76. The lowest BCUT2D eigenvalue weighted by Gasteiger charge is -2.22. The number of hydrogen-bond donors (Lipinski definition) is 0. The Labute approximate surface area is 164 Å². The van der Waals surface area contributed by atoms with E-state index in [1.807, 2.05) is 19.1 Å². The van der Waals surface area contributed by atoms with E-state index >= 15 is 0 Å². The molecule has 0 aliphatic carbocycles. The van der Waals surface area contributed by atoms with Gasteiger partial charge < -0.3 is 9.47 Å². The second kappa shape index (κ2) is 11.1. The van der Waals surface area contributed by atoms with E-state index in [0.717, 1.165) is 49.7 Å². The van der Waals surface area contributed by atoms with Crippen LogP contribution in [0.2, 0.25) is 0 Å². The monoisotopic (exact) mass is 376 g/mol. The highest BCUT2D eigenvalue weighted by Gasteiger charge is 2.22.